The number of H-pyrrole nitrogens is 1. The molecule has 0 amide bonds. The number of aromatic nitrogens is 1. The zero-order valence-corrected chi connectivity index (χ0v) is 21.3. The van der Waals surface area contributed by atoms with Gasteiger partial charge in [0.25, 0.3) is 0 Å². The number of likely N-dealkylation sites (tertiary alicyclic amines) is 1. The van der Waals surface area contributed by atoms with Crippen LogP contribution in [-0.4, -0.2) is 53.6 Å². The maximum atomic E-state index is 15.7. The van der Waals surface area contributed by atoms with Gasteiger partial charge in [-0.3, -0.25) is 9.80 Å². The number of fused-ring (bicyclic) bond motifs is 3. The van der Waals surface area contributed by atoms with Gasteiger partial charge < -0.3 is 9.72 Å². The van der Waals surface area contributed by atoms with Crippen molar-refractivity contribution in [1.82, 2.24) is 14.8 Å². The number of aromatic amines is 1. The highest BCUT2D eigenvalue weighted by Crippen LogP contribution is 2.44. The molecule has 1 N–H and O–H groups in total. The molecule has 2 atom stereocenters. The van der Waals surface area contributed by atoms with E-state index in [0.29, 0.717) is 6.61 Å². The first-order chi connectivity index (χ1) is 16.7. The topological polar surface area (TPSA) is 31.5 Å². The van der Waals surface area contributed by atoms with Crippen molar-refractivity contribution < 1.29 is 13.5 Å². The SMILES string of the molecule is C[C@@H]1Cc2c([nH]c3ccccc23)[C@@H](c2c(F)cc(OCCN3CCCC3)cc2F)N1CC(C)(C)C. The summed E-state index contributed by atoms with van der Waals surface area (Å²) in [6, 6.07) is 10.5. The van der Waals surface area contributed by atoms with E-state index in [-0.39, 0.29) is 22.8 Å². The molecule has 1 fully saturated rings. The molecule has 2 aliphatic heterocycles. The Kier molecular flexibility index (Phi) is 6.62. The smallest absolute Gasteiger partial charge is 0.135 e. The molecule has 0 spiro atoms. The van der Waals surface area contributed by atoms with E-state index < -0.39 is 17.7 Å². The first-order valence-corrected chi connectivity index (χ1v) is 12.9. The Balaban J connectivity index is 1.52. The average molecular weight is 482 g/mol. The van der Waals surface area contributed by atoms with Crippen molar-refractivity contribution >= 4 is 10.9 Å². The van der Waals surface area contributed by atoms with Crippen LogP contribution in [0.15, 0.2) is 36.4 Å². The van der Waals surface area contributed by atoms with Gasteiger partial charge in [-0.1, -0.05) is 39.0 Å². The summed E-state index contributed by atoms with van der Waals surface area (Å²) < 4.78 is 37.2. The van der Waals surface area contributed by atoms with Gasteiger partial charge in [0.2, 0.25) is 0 Å². The number of halogens is 2. The lowest BCUT2D eigenvalue weighted by Gasteiger charge is -2.44. The predicted octanol–water partition coefficient (Wildman–Crippen LogP) is 6.30. The van der Waals surface area contributed by atoms with Crippen LogP contribution in [0.4, 0.5) is 8.78 Å². The highest BCUT2D eigenvalue weighted by atomic mass is 19.1. The fourth-order valence-corrected chi connectivity index (χ4v) is 5.82. The minimum Gasteiger partial charge on any atom is -0.492 e. The van der Waals surface area contributed by atoms with E-state index in [0.717, 1.165) is 54.8 Å². The number of rotatable bonds is 6. The van der Waals surface area contributed by atoms with Gasteiger partial charge in [-0.25, -0.2) is 8.78 Å². The predicted molar refractivity (Wildman–Crippen MR) is 137 cm³/mol. The molecule has 4 nitrogen and oxygen atoms in total. The Morgan fingerprint density at radius 1 is 1.06 bits per heavy atom. The fourth-order valence-electron chi connectivity index (χ4n) is 5.82. The summed E-state index contributed by atoms with van der Waals surface area (Å²) in [6.45, 7) is 12.7. The molecule has 2 aliphatic rings. The van der Waals surface area contributed by atoms with Crippen LogP contribution >= 0.6 is 0 Å². The summed E-state index contributed by atoms with van der Waals surface area (Å²) in [6.07, 6.45) is 3.25. The molecule has 2 aromatic carbocycles. The standard InChI is InChI=1S/C29H37F2N3O/c1-19-15-22-21-9-5-6-10-25(21)32-27(22)28(34(19)18-29(2,3)4)26-23(30)16-20(17-24(26)31)35-14-13-33-11-7-8-12-33/h5-6,9-10,16-17,19,28,32H,7-8,11-15,18H2,1-4H3/t19-,28-/m1/s1. The summed E-state index contributed by atoms with van der Waals surface area (Å²) in [5.41, 5.74) is 3.14. The lowest BCUT2D eigenvalue weighted by Crippen LogP contribution is -2.46. The van der Waals surface area contributed by atoms with Crippen LogP contribution in [0, 0.1) is 17.0 Å². The van der Waals surface area contributed by atoms with Crippen LogP contribution in [0.25, 0.3) is 10.9 Å². The fraction of sp³-hybridized carbons (Fsp3) is 0.517. The number of nitrogens with zero attached hydrogens (tertiary/aromatic N) is 2. The average Bonchev–Trinajstić information content (AvgIpc) is 3.42. The molecule has 1 saturated heterocycles. The Hall–Kier alpha value is -2.44. The molecule has 6 heteroatoms. The Morgan fingerprint density at radius 3 is 2.43 bits per heavy atom. The molecule has 3 heterocycles. The number of hydrogen-bond donors (Lipinski definition) is 1. The minimum absolute atomic E-state index is 0.0262. The molecule has 1 aromatic heterocycles. The van der Waals surface area contributed by atoms with Gasteiger partial charge in [-0.15, -0.1) is 0 Å². The molecule has 0 saturated carbocycles. The Labute approximate surface area is 207 Å². The van der Waals surface area contributed by atoms with Gasteiger partial charge >= 0.3 is 0 Å². The van der Waals surface area contributed by atoms with Crippen molar-refractivity contribution in [2.45, 2.75) is 59.0 Å². The number of benzene rings is 2. The molecular formula is C29H37F2N3O. The summed E-state index contributed by atoms with van der Waals surface area (Å²) in [4.78, 5) is 8.11. The van der Waals surface area contributed by atoms with Crippen molar-refractivity contribution in [2.24, 2.45) is 5.41 Å². The molecule has 0 aliphatic carbocycles. The molecule has 0 unspecified atom stereocenters. The van der Waals surface area contributed by atoms with Crippen molar-refractivity contribution in [1.29, 1.82) is 0 Å². The van der Waals surface area contributed by atoms with E-state index >= 15 is 8.78 Å². The quantitative estimate of drug-likeness (QED) is 0.448. The Morgan fingerprint density at radius 2 is 1.74 bits per heavy atom. The van der Waals surface area contributed by atoms with Crippen LogP contribution < -0.4 is 4.74 Å². The highest BCUT2D eigenvalue weighted by Gasteiger charge is 2.40. The van der Waals surface area contributed by atoms with Gasteiger partial charge in [0, 0.05) is 53.4 Å². The van der Waals surface area contributed by atoms with E-state index in [2.05, 4.69) is 48.5 Å². The van der Waals surface area contributed by atoms with Gasteiger partial charge in [-0.05, 0) is 56.3 Å². The maximum absolute atomic E-state index is 15.7. The van der Waals surface area contributed by atoms with E-state index in [9.17, 15) is 0 Å². The summed E-state index contributed by atoms with van der Waals surface area (Å²) in [5.74, 6) is -0.848. The third-order valence-electron chi connectivity index (χ3n) is 7.38. The first-order valence-electron chi connectivity index (χ1n) is 12.9. The van der Waals surface area contributed by atoms with E-state index in [1.807, 2.05) is 18.2 Å². The second-order valence-electron chi connectivity index (χ2n) is 11.4. The van der Waals surface area contributed by atoms with Crippen LogP contribution in [0.5, 0.6) is 5.75 Å². The van der Waals surface area contributed by atoms with Crippen LogP contribution in [0.1, 0.15) is 63.4 Å². The second kappa shape index (κ2) is 9.55. The van der Waals surface area contributed by atoms with Crippen molar-refractivity contribution in [3.8, 4) is 5.75 Å². The monoisotopic (exact) mass is 481 g/mol. The summed E-state index contributed by atoms with van der Waals surface area (Å²) in [5, 5.41) is 1.14. The molecular weight excluding hydrogens is 444 g/mol. The van der Waals surface area contributed by atoms with E-state index in [4.69, 9.17) is 4.74 Å². The van der Waals surface area contributed by atoms with Gasteiger partial charge in [0.1, 0.15) is 24.0 Å². The van der Waals surface area contributed by atoms with E-state index in [1.165, 1.54) is 25.0 Å². The molecule has 35 heavy (non-hydrogen) atoms. The molecule has 188 valence electrons. The zero-order valence-electron chi connectivity index (χ0n) is 21.3. The number of nitrogens with one attached hydrogen (secondary N) is 1. The Bertz CT molecular complexity index is 1170. The first kappa shape index (κ1) is 24.3. The largest absolute Gasteiger partial charge is 0.492 e. The normalized spacial score (nSPS) is 21.5. The second-order valence-corrected chi connectivity index (χ2v) is 11.4. The molecule has 0 radical (unpaired) electrons. The summed E-state index contributed by atoms with van der Waals surface area (Å²) >= 11 is 0. The van der Waals surface area contributed by atoms with Crippen LogP contribution in [0.3, 0.4) is 0 Å². The molecule has 3 aromatic rings. The lowest BCUT2D eigenvalue weighted by molar-refractivity contribution is 0.0964. The maximum Gasteiger partial charge on any atom is 0.135 e. The molecule has 0 bridgehead atoms. The third kappa shape index (κ3) is 4.96. The van der Waals surface area contributed by atoms with Gasteiger partial charge in [0.05, 0.1) is 6.04 Å². The molecule has 5 rings (SSSR count). The van der Waals surface area contributed by atoms with Crippen molar-refractivity contribution in [3.63, 3.8) is 0 Å². The summed E-state index contributed by atoms with van der Waals surface area (Å²) in [7, 11) is 0. The minimum atomic E-state index is -0.552. The lowest BCUT2D eigenvalue weighted by atomic mass is 9.85. The van der Waals surface area contributed by atoms with Crippen LogP contribution in [0.2, 0.25) is 0 Å². The number of hydrogen-bond acceptors (Lipinski definition) is 3. The van der Waals surface area contributed by atoms with E-state index in [1.54, 1.807) is 0 Å². The van der Waals surface area contributed by atoms with Gasteiger partial charge in [0.15, 0.2) is 0 Å². The number of para-hydroxylation sites is 1. The van der Waals surface area contributed by atoms with Crippen molar-refractivity contribution in [2.75, 3.05) is 32.8 Å². The van der Waals surface area contributed by atoms with Gasteiger partial charge in [-0.2, -0.15) is 0 Å². The third-order valence-corrected chi connectivity index (χ3v) is 7.38. The van der Waals surface area contributed by atoms with Crippen molar-refractivity contribution in [3.05, 3.63) is 64.9 Å². The number of ether oxygens (including phenoxy) is 1. The van der Waals surface area contributed by atoms with Crippen LogP contribution in [-0.2, 0) is 6.42 Å². The highest BCUT2D eigenvalue weighted by molar-refractivity contribution is 5.85. The zero-order chi connectivity index (χ0) is 24.7.